The molecule has 3 aromatic heterocycles. The van der Waals surface area contributed by atoms with E-state index in [-0.39, 0.29) is 11.9 Å². The molecule has 0 aliphatic heterocycles. The molecule has 30 heavy (non-hydrogen) atoms. The maximum atomic E-state index is 12.6. The Labute approximate surface area is 172 Å². The Morgan fingerprint density at radius 1 is 0.833 bits per heavy atom. The van der Waals surface area contributed by atoms with Gasteiger partial charge in [0.2, 0.25) is 11.9 Å². The van der Waals surface area contributed by atoms with Crippen molar-refractivity contribution in [2.24, 2.45) is 0 Å². The van der Waals surface area contributed by atoms with Gasteiger partial charge in [0.05, 0.1) is 0 Å². The molecule has 148 valence electrons. The van der Waals surface area contributed by atoms with Crippen LogP contribution in [0, 0.1) is 6.92 Å². The third-order valence-corrected chi connectivity index (χ3v) is 4.10. The maximum Gasteiger partial charge on any atom is 0.258 e. The van der Waals surface area contributed by atoms with Gasteiger partial charge in [0, 0.05) is 30.7 Å². The van der Waals surface area contributed by atoms with Crippen molar-refractivity contribution in [2.45, 2.75) is 13.5 Å². The minimum absolute atomic E-state index is 0.181. The third-order valence-electron chi connectivity index (χ3n) is 4.10. The third kappa shape index (κ3) is 4.76. The van der Waals surface area contributed by atoms with E-state index >= 15 is 0 Å². The van der Waals surface area contributed by atoms with Crippen LogP contribution in [0.4, 0.5) is 11.9 Å². The molecule has 4 aromatic rings. The molecule has 1 amide bonds. The van der Waals surface area contributed by atoms with Crippen LogP contribution in [0.2, 0.25) is 0 Å². The van der Waals surface area contributed by atoms with Crippen molar-refractivity contribution in [1.29, 1.82) is 0 Å². The number of nitrogens with one attached hydrogen (secondary N) is 2. The molecule has 0 saturated carbocycles. The molecule has 0 saturated heterocycles. The first-order chi connectivity index (χ1) is 14.7. The quantitative estimate of drug-likeness (QED) is 0.509. The monoisotopic (exact) mass is 398 g/mol. The van der Waals surface area contributed by atoms with Crippen molar-refractivity contribution in [3.8, 4) is 11.5 Å². The van der Waals surface area contributed by atoms with Crippen LogP contribution < -0.4 is 10.6 Å². The lowest BCUT2D eigenvalue weighted by molar-refractivity contribution is 0.102. The molecule has 3 heterocycles. The van der Waals surface area contributed by atoms with Gasteiger partial charge < -0.3 is 5.32 Å². The fraction of sp³-hybridized carbons (Fsp3) is 0.0952. The summed E-state index contributed by atoms with van der Waals surface area (Å²) >= 11 is 0. The van der Waals surface area contributed by atoms with E-state index in [4.69, 9.17) is 0 Å². The second-order valence-electron chi connectivity index (χ2n) is 6.32. The van der Waals surface area contributed by atoms with Crippen molar-refractivity contribution in [3.63, 3.8) is 0 Å². The Balaban J connectivity index is 1.43. The number of pyridine rings is 1. The summed E-state index contributed by atoms with van der Waals surface area (Å²) in [5, 5.41) is 5.84. The van der Waals surface area contributed by atoms with Gasteiger partial charge in [-0.05, 0) is 42.8 Å². The summed E-state index contributed by atoms with van der Waals surface area (Å²) in [5.74, 6) is 1.32. The van der Waals surface area contributed by atoms with Crippen LogP contribution in [0.3, 0.4) is 0 Å². The molecule has 0 atom stereocenters. The van der Waals surface area contributed by atoms with Gasteiger partial charge in [-0.1, -0.05) is 18.2 Å². The van der Waals surface area contributed by atoms with E-state index in [1.54, 1.807) is 49.8 Å². The van der Waals surface area contributed by atoms with Crippen molar-refractivity contribution in [3.05, 3.63) is 84.1 Å². The van der Waals surface area contributed by atoms with Crippen molar-refractivity contribution in [1.82, 2.24) is 29.9 Å². The number of carbonyl (C=O) groups excluding carboxylic acids is 1. The summed E-state index contributed by atoms with van der Waals surface area (Å²) in [6, 6.07) is 14.4. The first-order valence-corrected chi connectivity index (χ1v) is 9.22. The molecule has 1 aromatic carbocycles. The standard InChI is InChI=1S/C21H18N8O/c1-14-26-18(17-5-2-3-10-22-17)28-21(27-14)29-19(30)16-8-6-15(7-9-16)13-25-20-23-11-4-12-24-20/h2-12H,13H2,1H3,(H,23,24,25)(H,26,27,28,29,30). The summed E-state index contributed by atoms with van der Waals surface area (Å²) in [6.45, 7) is 2.29. The van der Waals surface area contributed by atoms with Gasteiger partial charge in [0.25, 0.3) is 5.91 Å². The minimum Gasteiger partial charge on any atom is -0.350 e. The SMILES string of the molecule is Cc1nc(NC(=O)c2ccc(CNc3ncccn3)cc2)nc(-c2ccccn2)n1. The lowest BCUT2D eigenvalue weighted by Crippen LogP contribution is -2.15. The highest BCUT2D eigenvalue weighted by Gasteiger charge is 2.12. The normalized spacial score (nSPS) is 10.4. The predicted molar refractivity (Wildman–Crippen MR) is 112 cm³/mol. The topological polar surface area (TPSA) is 118 Å². The Kier molecular flexibility index (Phi) is 5.61. The second kappa shape index (κ2) is 8.82. The van der Waals surface area contributed by atoms with Gasteiger partial charge >= 0.3 is 0 Å². The van der Waals surface area contributed by atoms with Gasteiger partial charge in [-0.3, -0.25) is 15.1 Å². The average molecular weight is 398 g/mol. The van der Waals surface area contributed by atoms with Crippen molar-refractivity contribution in [2.75, 3.05) is 10.6 Å². The number of anilines is 2. The molecule has 0 aliphatic carbocycles. The summed E-state index contributed by atoms with van der Waals surface area (Å²) < 4.78 is 0. The lowest BCUT2D eigenvalue weighted by atomic mass is 10.1. The van der Waals surface area contributed by atoms with Gasteiger partial charge in [-0.15, -0.1) is 0 Å². The summed E-state index contributed by atoms with van der Waals surface area (Å²) in [6.07, 6.45) is 5.00. The fourth-order valence-electron chi connectivity index (χ4n) is 2.67. The number of aromatic nitrogens is 6. The Morgan fingerprint density at radius 3 is 2.33 bits per heavy atom. The number of benzene rings is 1. The minimum atomic E-state index is -0.307. The van der Waals surface area contributed by atoms with E-state index in [1.165, 1.54) is 0 Å². The van der Waals surface area contributed by atoms with Crippen LogP contribution in [0.15, 0.2) is 67.1 Å². The summed E-state index contributed by atoms with van der Waals surface area (Å²) in [5.41, 5.74) is 2.09. The molecule has 9 nitrogen and oxygen atoms in total. The Morgan fingerprint density at radius 2 is 1.60 bits per heavy atom. The van der Waals surface area contributed by atoms with E-state index < -0.39 is 0 Å². The van der Waals surface area contributed by atoms with E-state index in [0.717, 1.165) is 5.56 Å². The Bertz CT molecular complexity index is 1130. The van der Waals surface area contributed by atoms with Crippen LogP contribution in [0.25, 0.3) is 11.5 Å². The second-order valence-corrected chi connectivity index (χ2v) is 6.32. The molecular formula is C21H18N8O. The number of hydrogen-bond acceptors (Lipinski definition) is 8. The molecule has 0 spiro atoms. The van der Waals surface area contributed by atoms with E-state index in [1.807, 2.05) is 24.3 Å². The highest BCUT2D eigenvalue weighted by Crippen LogP contribution is 2.14. The number of hydrogen-bond donors (Lipinski definition) is 2. The molecule has 4 rings (SSSR count). The van der Waals surface area contributed by atoms with Crippen molar-refractivity contribution >= 4 is 17.8 Å². The molecule has 9 heteroatoms. The first kappa shape index (κ1) is 19.1. The zero-order chi connectivity index (χ0) is 20.8. The zero-order valence-corrected chi connectivity index (χ0v) is 16.1. The predicted octanol–water partition coefficient (Wildman–Crippen LogP) is 2.90. The molecular weight excluding hydrogens is 380 g/mol. The van der Waals surface area contributed by atoms with Gasteiger partial charge in [-0.25, -0.2) is 15.0 Å². The van der Waals surface area contributed by atoms with E-state index in [2.05, 4.69) is 40.5 Å². The summed E-state index contributed by atoms with van der Waals surface area (Å²) in [7, 11) is 0. The number of amides is 1. The summed E-state index contributed by atoms with van der Waals surface area (Å²) in [4.78, 5) is 37.9. The molecule has 0 aliphatic rings. The molecule has 2 N–H and O–H groups in total. The fourth-order valence-corrected chi connectivity index (χ4v) is 2.67. The van der Waals surface area contributed by atoms with Gasteiger partial charge in [0.1, 0.15) is 11.5 Å². The van der Waals surface area contributed by atoms with Gasteiger partial charge in [-0.2, -0.15) is 9.97 Å². The van der Waals surface area contributed by atoms with E-state index in [9.17, 15) is 4.79 Å². The highest BCUT2D eigenvalue weighted by atomic mass is 16.1. The van der Waals surface area contributed by atoms with Crippen LogP contribution in [0.5, 0.6) is 0 Å². The molecule has 0 radical (unpaired) electrons. The number of carbonyl (C=O) groups is 1. The maximum absolute atomic E-state index is 12.6. The van der Waals surface area contributed by atoms with Crippen LogP contribution in [-0.2, 0) is 6.54 Å². The number of rotatable bonds is 6. The van der Waals surface area contributed by atoms with E-state index in [0.29, 0.717) is 35.4 Å². The molecule has 0 fully saturated rings. The number of aryl methyl sites for hydroxylation is 1. The highest BCUT2D eigenvalue weighted by molar-refractivity contribution is 6.03. The first-order valence-electron chi connectivity index (χ1n) is 9.22. The van der Waals surface area contributed by atoms with Gasteiger partial charge in [0.15, 0.2) is 5.82 Å². The molecule has 0 bridgehead atoms. The largest absolute Gasteiger partial charge is 0.350 e. The lowest BCUT2D eigenvalue weighted by Gasteiger charge is -2.08. The number of nitrogens with zero attached hydrogens (tertiary/aromatic N) is 6. The Hall–Kier alpha value is -4.27. The van der Waals surface area contributed by atoms with Crippen LogP contribution >= 0.6 is 0 Å². The molecule has 0 unspecified atom stereocenters. The van der Waals surface area contributed by atoms with Crippen LogP contribution in [-0.4, -0.2) is 35.8 Å². The zero-order valence-electron chi connectivity index (χ0n) is 16.1. The van der Waals surface area contributed by atoms with Crippen LogP contribution in [0.1, 0.15) is 21.7 Å². The average Bonchev–Trinajstić information content (AvgIpc) is 2.79. The smallest absolute Gasteiger partial charge is 0.258 e. The van der Waals surface area contributed by atoms with Crippen molar-refractivity contribution < 1.29 is 4.79 Å².